The van der Waals surface area contributed by atoms with Crippen LogP contribution in [0.4, 0.5) is 0 Å². The smallest absolute Gasteiger partial charge is 0.243 e. The molecule has 0 saturated heterocycles. The molecule has 3 aromatic rings. The molecule has 1 aliphatic carbocycles. The van der Waals surface area contributed by atoms with Crippen LogP contribution in [0.25, 0.3) is 0 Å². The summed E-state index contributed by atoms with van der Waals surface area (Å²) < 4.78 is 0. The summed E-state index contributed by atoms with van der Waals surface area (Å²) in [5.74, 6) is 0.672. The third-order valence-corrected chi connectivity index (χ3v) is 8.61. The lowest BCUT2D eigenvalue weighted by Gasteiger charge is -2.32. The summed E-state index contributed by atoms with van der Waals surface area (Å²) in [5, 5.41) is 4.55. The van der Waals surface area contributed by atoms with Gasteiger partial charge in [-0.2, -0.15) is 0 Å². The Kier molecular flexibility index (Phi) is 11.0. The fourth-order valence-electron chi connectivity index (χ4n) is 4.82. The molecular weight excluding hydrogens is 535 g/mol. The van der Waals surface area contributed by atoms with Crippen LogP contribution in [0.2, 0.25) is 10.0 Å². The van der Waals surface area contributed by atoms with E-state index < -0.39 is 6.04 Å². The zero-order valence-corrected chi connectivity index (χ0v) is 23.8. The van der Waals surface area contributed by atoms with E-state index in [0.717, 1.165) is 47.5 Å². The van der Waals surface area contributed by atoms with Crippen molar-refractivity contribution in [3.05, 3.63) is 100 Å². The Morgan fingerprint density at radius 1 is 0.921 bits per heavy atom. The van der Waals surface area contributed by atoms with Gasteiger partial charge in [0, 0.05) is 40.4 Å². The largest absolute Gasteiger partial charge is 0.352 e. The summed E-state index contributed by atoms with van der Waals surface area (Å²) in [6.07, 6.45) is 5.74. The first kappa shape index (κ1) is 28.5. The van der Waals surface area contributed by atoms with Crippen molar-refractivity contribution < 1.29 is 9.59 Å². The van der Waals surface area contributed by atoms with Crippen LogP contribution in [-0.2, 0) is 22.6 Å². The number of hydrogen-bond donors (Lipinski definition) is 1. The first-order valence-corrected chi connectivity index (χ1v) is 15.0. The number of thioether (sulfide) groups is 1. The van der Waals surface area contributed by atoms with E-state index >= 15 is 0 Å². The van der Waals surface area contributed by atoms with Crippen molar-refractivity contribution >= 4 is 46.8 Å². The van der Waals surface area contributed by atoms with Gasteiger partial charge in [0.15, 0.2) is 0 Å². The third-order valence-electron chi connectivity index (χ3n) is 6.89. The Labute approximate surface area is 240 Å². The molecule has 0 aromatic heterocycles. The Morgan fingerprint density at radius 3 is 2.32 bits per heavy atom. The van der Waals surface area contributed by atoms with Gasteiger partial charge < -0.3 is 10.2 Å². The summed E-state index contributed by atoms with van der Waals surface area (Å²) in [4.78, 5) is 30.3. The maximum atomic E-state index is 13.8. The molecule has 1 aliphatic rings. The Morgan fingerprint density at radius 2 is 1.61 bits per heavy atom. The lowest BCUT2D eigenvalue weighted by atomic mass is 10.0. The van der Waals surface area contributed by atoms with E-state index in [1.54, 1.807) is 16.7 Å². The van der Waals surface area contributed by atoms with Crippen molar-refractivity contribution in [3.63, 3.8) is 0 Å². The molecule has 1 unspecified atom stereocenters. The van der Waals surface area contributed by atoms with E-state index in [-0.39, 0.29) is 17.9 Å². The number of nitrogens with zero attached hydrogens (tertiary/aromatic N) is 1. The molecule has 2 amide bonds. The molecule has 4 nitrogen and oxygen atoms in total. The Balaban J connectivity index is 1.52. The number of rotatable bonds is 12. The number of carbonyl (C=O) groups excluding carboxylic acids is 2. The van der Waals surface area contributed by atoms with Crippen LogP contribution in [0.15, 0.2) is 83.8 Å². The highest BCUT2D eigenvalue weighted by Crippen LogP contribution is 2.25. The van der Waals surface area contributed by atoms with E-state index in [0.29, 0.717) is 35.9 Å². The molecule has 0 radical (unpaired) electrons. The van der Waals surface area contributed by atoms with Crippen LogP contribution in [-0.4, -0.2) is 34.6 Å². The van der Waals surface area contributed by atoms with E-state index in [1.807, 2.05) is 78.9 Å². The molecular formula is C31H34Cl2N2O2S. The normalized spacial score (nSPS) is 14.3. The average molecular weight is 570 g/mol. The lowest BCUT2D eigenvalue weighted by Crippen LogP contribution is -2.52. The van der Waals surface area contributed by atoms with Gasteiger partial charge in [-0.3, -0.25) is 9.59 Å². The van der Waals surface area contributed by atoms with Gasteiger partial charge in [0.1, 0.15) is 6.04 Å². The van der Waals surface area contributed by atoms with Crippen LogP contribution in [0, 0.1) is 0 Å². The minimum Gasteiger partial charge on any atom is -0.352 e. The maximum absolute atomic E-state index is 13.8. The minimum atomic E-state index is -0.620. The SMILES string of the molecule is O=C(NC1CCCC1)C(Cc1ccccc1)N(Cc1ccccc1Cl)C(=O)CCCSc1ccc(Cl)cc1. The first-order chi connectivity index (χ1) is 18.5. The van der Waals surface area contributed by atoms with Gasteiger partial charge in [-0.05, 0) is 66.5 Å². The van der Waals surface area contributed by atoms with Crippen LogP contribution in [0.5, 0.6) is 0 Å². The van der Waals surface area contributed by atoms with Gasteiger partial charge in [-0.1, -0.05) is 84.6 Å². The van der Waals surface area contributed by atoms with Gasteiger partial charge in [0.2, 0.25) is 11.8 Å². The predicted molar refractivity (Wildman–Crippen MR) is 158 cm³/mol. The highest BCUT2D eigenvalue weighted by Gasteiger charge is 2.32. The van der Waals surface area contributed by atoms with Crippen molar-refractivity contribution in [2.45, 2.75) is 68.5 Å². The average Bonchev–Trinajstić information content (AvgIpc) is 3.44. The fraction of sp³-hybridized carbons (Fsp3) is 0.355. The van der Waals surface area contributed by atoms with E-state index in [2.05, 4.69) is 5.32 Å². The number of nitrogens with one attached hydrogen (secondary N) is 1. The van der Waals surface area contributed by atoms with E-state index in [1.165, 1.54) is 0 Å². The van der Waals surface area contributed by atoms with E-state index in [4.69, 9.17) is 23.2 Å². The number of amides is 2. The molecule has 0 spiro atoms. The van der Waals surface area contributed by atoms with Gasteiger partial charge in [-0.25, -0.2) is 0 Å². The minimum absolute atomic E-state index is 0.0378. The number of benzene rings is 3. The number of carbonyl (C=O) groups is 2. The van der Waals surface area contributed by atoms with Crippen molar-refractivity contribution in [2.24, 2.45) is 0 Å². The molecule has 1 fully saturated rings. The van der Waals surface area contributed by atoms with Crippen LogP contribution >= 0.6 is 35.0 Å². The van der Waals surface area contributed by atoms with Crippen molar-refractivity contribution in [1.82, 2.24) is 10.2 Å². The molecule has 1 saturated carbocycles. The van der Waals surface area contributed by atoms with Gasteiger partial charge in [0.25, 0.3) is 0 Å². The van der Waals surface area contributed by atoms with Gasteiger partial charge in [-0.15, -0.1) is 11.8 Å². The second-order valence-corrected chi connectivity index (χ2v) is 11.7. The topological polar surface area (TPSA) is 49.4 Å². The molecule has 3 aromatic carbocycles. The summed E-state index contributed by atoms with van der Waals surface area (Å²) >= 11 is 14.2. The lowest BCUT2D eigenvalue weighted by molar-refractivity contribution is -0.141. The first-order valence-electron chi connectivity index (χ1n) is 13.2. The molecule has 7 heteroatoms. The molecule has 38 heavy (non-hydrogen) atoms. The van der Waals surface area contributed by atoms with Crippen LogP contribution in [0.1, 0.15) is 49.7 Å². The van der Waals surface area contributed by atoms with Gasteiger partial charge >= 0.3 is 0 Å². The summed E-state index contributed by atoms with van der Waals surface area (Å²) in [5.41, 5.74) is 1.86. The van der Waals surface area contributed by atoms with Crippen molar-refractivity contribution in [3.8, 4) is 0 Å². The Bertz CT molecular complexity index is 1180. The summed E-state index contributed by atoms with van der Waals surface area (Å²) in [7, 11) is 0. The highest BCUT2D eigenvalue weighted by molar-refractivity contribution is 7.99. The standard InChI is InChI=1S/C31H34Cl2N2O2S/c32-25-16-18-27(19-17-25)38-20-8-15-30(36)35(22-24-11-4-7-14-28(24)33)29(21-23-9-2-1-3-10-23)31(37)34-26-12-5-6-13-26/h1-4,7,9-11,14,16-19,26,29H,5-6,8,12-13,15,20-22H2,(H,34,37). The van der Waals surface area contributed by atoms with Crippen LogP contribution in [0.3, 0.4) is 0 Å². The quantitative estimate of drug-likeness (QED) is 0.181. The molecule has 0 bridgehead atoms. The maximum Gasteiger partial charge on any atom is 0.243 e. The monoisotopic (exact) mass is 568 g/mol. The highest BCUT2D eigenvalue weighted by atomic mass is 35.5. The second-order valence-electron chi connectivity index (χ2n) is 9.71. The van der Waals surface area contributed by atoms with E-state index in [9.17, 15) is 9.59 Å². The molecule has 0 aliphatic heterocycles. The van der Waals surface area contributed by atoms with Crippen LogP contribution < -0.4 is 5.32 Å². The molecule has 1 atom stereocenters. The molecule has 0 heterocycles. The molecule has 1 N–H and O–H groups in total. The second kappa shape index (κ2) is 14.6. The molecule has 200 valence electrons. The Hall–Kier alpha value is -2.47. The summed E-state index contributed by atoms with van der Waals surface area (Å²) in [6.45, 7) is 0.290. The predicted octanol–water partition coefficient (Wildman–Crippen LogP) is 7.56. The van der Waals surface area contributed by atoms with Crippen molar-refractivity contribution in [2.75, 3.05) is 5.75 Å². The summed E-state index contributed by atoms with van der Waals surface area (Å²) in [6, 6.07) is 24.7. The fourth-order valence-corrected chi connectivity index (χ4v) is 5.99. The zero-order valence-electron chi connectivity index (χ0n) is 21.5. The molecule has 4 rings (SSSR count). The number of halogens is 2. The zero-order chi connectivity index (χ0) is 26.7. The van der Waals surface area contributed by atoms with Gasteiger partial charge in [0.05, 0.1) is 0 Å². The van der Waals surface area contributed by atoms with Crippen molar-refractivity contribution in [1.29, 1.82) is 0 Å². The number of hydrogen-bond acceptors (Lipinski definition) is 3. The third kappa shape index (κ3) is 8.52.